The normalized spacial score (nSPS) is 22.7. The number of aryl methyl sites for hydroxylation is 2. The first-order chi connectivity index (χ1) is 15.7. The monoisotopic (exact) mass is 494 g/mol. The highest BCUT2D eigenvalue weighted by atomic mass is 32.2. The first-order valence-corrected chi connectivity index (χ1v) is 12.7. The third-order valence-electron chi connectivity index (χ3n) is 6.64. The Hall–Kier alpha value is -1.98. The summed E-state index contributed by atoms with van der Waals surface area (Å²) in [7, 11) is 1.99. The van der Waals surface area contributed by atoms with Crippen molar-refractivity contribution in [3.8, 4) is 10.7 Å². The average molecular weight is 495 g/mol. The Morgan fingerprint density at radius 3 is 2.73 bits per heavy atom. The molecule has 2 atom stereocenters. The molecule has 4 heterocycles. The van der Waals surface area contributed by atoms with Crippen molar-refractivity contribution in [2.24, 2.45) is 13.0 Å². The smallest absolute Gasteiger partial charge is 0.304 e. The van der Waals surface area contributed by atoms with Gasteiger partial charge in [-0.1, -0.05) is 17.8 Å². The molecule has 0 aromatic carbocycles. The van der Waals surface area contributed by atoms with E-state index in [1.165, 1.54) is 6.20 Å². The lowest BCUT2D eigenvalue weighted by molar-refractivity contribution is -0.141. The Morgan fingerprint density at radius 2 is 2.06 bits per heavy atom. The number of nitrogens with zero attached hydrogens (tertiary/aromatic N) is 6. The number of pyridine rings is 1. The van der Waals surface area contributed by atoms with Crippen LogP contribution in [0.15, 0.2) is 23.5 Å². The SMILES string of the molecule is Cc1nc(C)c(-c2nnc(SCCCN3CC4CC4(c4ccc(C(F)(F)F)nc4)C3)n2C)s1. The molecule has 0 bridgehead atoms. The van der Waals surface area contributed by atoms with E-state index in [2.05, 4.69) is 25.1 Å². The predicted molar refractivity (Wildman–Crippen MR) is 122 cm³/mol. The third kappa shape index (κ3) is 4.30. The first kappa shape index (κ1) is 22.8. The molecule has 11 heteroatoms. The van der Waals surface area contributed by atoms with Gasteiger partial charge in [0.2, 0.25) is 0 Å². The number of hydrogen-bond acceptors (Lipinski definition) is 7. The molecule has 2 unspecified atom stereocenters. The van der Waals surface area contributed by atoms with Gasteiger partial charge in [0.15, 0.2) is 11.0 Å². The van der Waals surface area contributed by atoms with E-state index in [1.54, 1.807) is 29.2 Å². The van der Waals surface area contributed by atoms with Crippen LogP contribution in [0, 0.1) is 19.8 Å². The molecule has 0 spiro atoms. The summed E-state index contributed by atoms with van der Waals surface area (Å²) < 4.78 is 40.5. The topological polar surface area (TPSA) is 59.7 Å². The van der Waals surface area contributed by atoms with Crippen LogP contribution in [0.5, 0.6) is 0 Å². The van der Waals surface area contributed by atoms with Crippen molar-refractivity contribution < 1.29 is 13.2 Å². The molecule has 3 aromatic rings. The molecule has 1 aliphatic carbocycles. The predicted octanol–water partition coefficient (Wildman–Crippen LogP) is 4.72. The zero-order valence-corrected chi connectivity index (χ0v) is 20.3. The molecular weight excluding hydrogens is 469 g/mol. The van der Waals surface area contributed by atoms with E-state index in [4.69, 9.17) is 0 Å². The summed E-state index contributed by atoms with van der Waals surface area (Å²) in [5, 5.41) is 10.6. The number of piperidine rings is 1. The lowest BCUT2D eigenvalue weighted by atomic mass is 9.96. The number of rotatable bonds is 7. The second kappa shape index (κ2) is 8.35. The molecule has 33 heavy (non-hydrogen) atoms. The maximum absolute atomic E-state index is 12.8. The van der Waals surface area contributed by atoms with Gasteiger partial charge in [-0.15, -0.1) is 21.5 Å². The van der Waals surface area contributed by atoms with E-state index < -0.39 is 11.9 Å². The number of halogens is 3. The molecule has 176 valence electrons. The second-order valence-corrected chi connectivity index (χ2v) is 11.2. The molecule has 2 fully saturated rings. The van der Waals surface area contributed by atoms with E-state index >= 15 is 0 Å². The van der Waals surface area contributed by atoms with Crippen LogP contribution in [-0.4, -0.2) is 55.0 Å². The maximum Gasteiger partial charge on any atom is 0.433 e. The fourth-order valence-corrected chi connectivity index (χ4v) is 6.66. The number of thiazole rings is 1. The van der Waals surface area contributed by atoms with Gasteiger partial charge in [0.25, 0.3) is 0 Å². The summed E-state index contributed by atoms with van der Waals surface area (Å²) in [6.07, 6.45) is -0.899. The molecule has 0 amide bonds. The van der Waals surface area contributed by atoms with Crippen molar-refractivity contribution in [2.45, 2.75) is 43.4 Å². The van der Waals surface area contributed by atoms with Crippen LogP contribution < -0.4 is 0 Å². The highest BCUT2D eigenvalue weighted by molar-refractivity contribution is 7.99. The van der Waals surface area contributed by atoms with Gasteiger partial charge in [-0.3, -0.25) is 4.98 Å². The zero-order chi connectivity index (χ0) is 23.4. The molecule has 0 N–H and O–H groups in total. The summed E-state index contributed by atoms with van der Waals surface area (Å²) >= 11 is 3.33. The Morgan fingerprint density at radius 1 is 1.24 bits per heavy atom. The summed E-state index contributed by atoms with van der Waals surface area (Å²) in [5.41, 5.74) is 1.10. The van der Waals surface area contributed by atoms with Crippen molar-refractivity contribution in [1.82, 2.24) is 29.6 Å². The summed E-state index contributed by atoms with van der Waals surface area (Å²) in [5.74, 6) is 2.31. The third-order valence-corrected chi connectivity index (χ3v) is 8.81. The number of aromatic nitrogens is 5. The fraction of sp³-hybridized carbons (Fsp3) is 0.545. The lowest BCUT2D eigenvalue weighted by Crippen LogP contribution is -2.28. The molecule has 1 saturated carbocycles. The average Bonchev–Trinajstić information content (AvgIpc) is 3.00. The van der Waals surface area contributed by atoms with Crippen LogP contribution in [-0.2, 0) is 18.6 Å². The van der Waals surface area contributed by atoms with Crippen LogP contribution in [0.4, 0.5) is 13.2 Å². The van der Waals surface area contributed by atoms with Gasteiger partial charge in [0.05, 0.1) is 15.6 Å². The minimum Gasteiger partial charge on any atom is -0.304 e. The van der Waals surface area contributed by atoms with Gasteiger partial charge in [0.1, 0.15) is 5.69 Å². The largest absolute Gasteiger partial charge is 0.433 e. The standard InChI is InChI=1S/C22H25F3N6S2/c1-13-18(33-14(2)27-13)19-28-29-20(30(19)3)32-8-4-7-31-11-16-9-21(16,12-31)15-5-6-17(26-10-15)22(23,24)25/h5-6,10,16H,4,7-9,11-12H2,1-3H3. The van der Waals surface area contributed by atoms with Crippen molar-refractivity contribution in [3.05, 3.63) is 40.3 Å². The number of alkyl halides is 3. The van der Waals surface area contributed by atoms with Crippen LogP contribution in [0.2, 0.25) is 0 Å². The summed E-state index contributed by atoms with van der Waals surface area (Å²) in [4.78, 5) is 11.6. The number of thioether (sulfide) groups is 1. The Balaban J connectivity index is 1.13. The molecular formula is C22H25F3N6S2. The lowest BCUT2D eigenvalue weighted by Gasteiger charge is -2.21. The Bertz CT molecular complexity index is 1160. The van der Waals surface area contributed by atoms with Crippen molar-refractivity contribution in [3.63, 3.8) is 0 Å². The highest BCUT2D eigenvalue weighted by Crippen LogP contribution is 2.59. The summed E-state index contributed by atoms with van der Waals surface area (Å²) in [6, 6.07) is 2.73. The van der Waals surface area contributed by atoms with E-state index in [1.807, 2.05) is 25.5 Å². The van der Waals surface area contributed by atoms with Gasteiger partial charge in [-0.05, 0) is 50.8 Å². The Labute approximate surface area is 198 Å². The van der Waals surface area contributed by atoms with E-state index in [0.717, 1.165) is 76.4 Å². The maximum atomic E-state index is 12.8. The number of hydrogen-bond donors (Lipinski definition) is 0. The van der Waals surface area contributed by atoms with E-state index in [9.17, 15) is 13.2 Å². The van der Waals surface area contributed by atoms with Gasteiger partial charge in [-0.25, -0.2) is 4.98 Å². The molecule has 1 aliphatic heterocycles. The van der Waals surface area contributed by atoms with Crippen LogP contribution >= 0.6 is 23.1 Å². The fourth-order valence-electron chi connectivity index (χ4n) is 4.89. The minimum absolute atomic E-state index is 0.00645. The van der Waals surface area contributed by atoms with Crippen molar-refractivity contribution in [1.29, 1.82) is 0 Å². The number of fused-ring (bicyclic) bond motifs is 1. The molecule has 1 saturated heterocycles. The van der Waals surface area contributed by atoms with Crippen LogP contribution in [0.1, 0.15) is 34.8 Å². The van der Waals surface area contributed by atoms with Gasteiger partial charge >= 0.3 is 6.18 Å². The van der Waals surface area contributed by atoms with Gasteiger partial charge in [-0.2, -0.15) is 13.2 Å². The minimum atomic E-state index is -4.39. The zero-order valence-electron chi connectivity index (χ0n) is 18.7. The van der Waals surface area contributed by atoms with Crippen LogP contribution in [0.25, 0.3) is 10.7 Å². The van der Waals surface area contributed by atoms with Crippen molar-refractivity contribution >= 4 is 23.1 Å². The molecule has 3 aromatic heterocycles. The Kier molecular flexibility index (Phi) is 5.77. The van der Waals surface area contributed by atoms with Crippen LogP contribution in [0.3, 0.4) is 0 Å². The molecule has 0 radical (unpaired) electrons. The number of likely N-dealkylation sites (tertiary alicyclic amines) is 1. The van der Waals surface area contributed by atoms with E-state index in [-0.39, 0.29) is 5.41 Å². The van der Waals surface area contributed by atoms with Gasteiger partial charge < -0.3 is 9.47 Å². The van der Waals surface area contributed by atoms with E-state index in [0.29, 0.717) is 5.92 Å². The summed E-state index contributed by atoms with van der Waals surface area (Å²) in [6.45, 7) is 6.86. The van der Waals surface area contributed by atoms with Crippen molar-refractivity contribution in [2.75, 3.05) is 25.4 Å². The highest BCUT2D eigenvalue weighted by Gasteiger charge is 2.60. The van der Waals surface area contributed by atoms with Gasteiger partial charge in [0, 0.05) is 37.5 Å². The molecule has 2 aliphatic rings. The quantitative estimate of drug-likeness (QED) is 0.350. The second-order valence-electron chi connectivity index (χ2n) is 8.94. The molecule has 5 rings (SSSR count). The molecule has 6 nitrogen and oxygen atoms in total. The first-order valence-electron chi connectivity index (χ1n) is 10.9.